The van der Waals surface area contributed by atoms with Crippen LogP contribution in [-0.4, -0.2) is 17.6 Å². The van der Waals surface area contributed by atoms with Crippen LogP contribution < -0.4 is 0 Å². The smallest absolute Gasteiger partial charge is 0.309 e. The van der Waals surface area contributed by atoms with Gasteiger partial charge in [-0.1, -0.05) is 0 Å². The van der Waals surface area contributed by atoms with E-state index in [1.807, 2.05) is 0 Å². The Morgan fingerprint density at radius 3 is 2.94 bits per heavy atom. The SMILES string of the molecule is CCOC(=O)C1Cc2c(F)cnc(Br)c2C1. The van der Waals surface area contributed by atoms with Gasteiger partial charge in [0.25, 0.3) is 0 Å². The molecule has 86 valence electrons. The van der Waals surface area contributed by atoms with Gasteiger partial charge in [0, 0.05) is 0 Å². The quantitative estimate of drug-likeness (QED) is 0.619. The molecule has 1 unspecified atom stereocenters. The molecule has 0 saturated heterocycles. The van der Waals surface area contributed by atoms with Crippen molar-refractivity contribution in [1.29, 1.82) is 0 Å². The van der Waals surface area contributed by atoms with Gasteiger partial charge in [-0.2, -0.15) is 0 Å². The van der Waals surface area contributed by atoms with Crippen LogP contribution in [0.3, 0.4) is 0 Å². The van der Waals surface area contributed by atoms with Crippen molar-refractivity contribution in [3.05, 3.63) is 27.7 Å². The van der Waals surface area contributed by atoms with Crippen LogP contribution in [0.1, 0.15) is 18.1 Å². The van der Waals surface area contributed by atoms with Crippen LogP contribution >= 0.6 is 15.9 Å². The summed E-state index contributed by atoms with van der Waals surface area (Å²) in [7, 11) is 0. The number of nitrogens with zero attached hydrogens (tertiary/aromatic N) is 1. The molecule has 0 radical (unpaired) electrons. The van der Waals surface area contributed by atoms with E-state index < -0.39 is 0 Å². The fraction of sp³-hybridized carbons (Fsp3) is 0.455. The van der Waals surface area contributed by atoms with Crippen molar-refractivity contribution in [2.45, 2.75) is 19.8 Å². The van der Waals surface area contributed by atoms with Crippen LogP contribution in [-0.2, 0) is 22.4 Å². The third-order valence-corrected chi connectivity index (χ3v) is 3.40. The lowest BCUT2D eigenvalue weighted by Crippen LogP contribution is -2.17. The molecular weight excluding hydrogens is 277 g/mol. The first kappa shape index (κ1) is 11.5. The van der Waals surface area contributed by atoms with Gasteiger partial charge in [0.05, 0.1) is 18.7 Å². The third-order valence-electron chi connectivity index (χ3n) is 2.71. The van der Waals surface area contributed by atoms with Gasteiger partial charge in [0.2, 0.25) is 0 Å². The number of rotatable bonds is 2. The lowest BCUT2D eigenvalue weighted by atomic mass is 10.1. The third kappa shape index (κ3) is 1.96. The molecular formula is C11H11BrFNO2. The molecule has 5 heteroatoms. The Morgan fingerprint density at radius 1 is 1.62 bits per heavy atom. The Balaban J connectivity index is 2.24. The Labute approximate surface area is 101 Å². The molecule has 0 fully saturated rings. The molecule has 1 aliphatic rings. The first-order chi connectivity index (χ1) is 7.63. The zero-order chi connectivity index (χ0) is 11.7. The maximum Gasteiger partial charge on any atom is 0.309 e. The molecule has 0 N–H and O–H groups in total. The number of esters is 1. The number of hydrogen-bond acceptors (Lipinski definition) is 3. The second-order valence-corrected chi connectivity index (χ2v) is 4.46. The minimum absolute atomic E-state index is 0.259. The van der Waals surface area contributed by atoms with Gasteiger partial charge in [-0.25, -0.2) is 9.37 Å². The number of carbonyl (C=O) groups is 1. The average molecular weight is 288 g/mol. The average Bonchev–Trinajstić information content (AvgIpc) is 2.70. The van der Waals surface area contributed by atoms with Crippen molar-refractivity contribution in [3.8, 4) is 0 Å². The number of fused-ring (bicyclic) bond motifs is 1. The summed E-state index contributed by atoms with van der Waals surface area (Å²) >= 11 is 3.27. The van der Waals surface area contributed by atoms with Crippen molar-refractivity contribution >= 4 is 21.9 Å². The lowest BCUT2D eigenvalue weighted by Gasteiger charge is -2.06. The standard InChI is InChI=1S/C11H11BrFNO2/c1-2-16-11(15)6-3-7-8(4-6)10(12)14-5-9(7)13/h5-6H,2-4H2,1H3. The predicted molar refractivity (Wildman–Crippen MR) is 59.4 cm³/mol. The summed E-state index contributed by atoms with van der Waals surface area (Å²) in [5.74, 6) is -0.875. The molecule has 0 aliphatic heterocycles. The monoisotopic (exact) mass is 287 g/mol. The molecule has 3 nitrogen and oxygen atoms in total. The highest BCUT2D eigenvalue weighted by Crippen LogP contribution is 2.33. The fourth-order valence-corrected chi connectivity index (χ4v) is 2.46. The van der Waals surface area contributed by atoms with Gasteiger partial charge >= 0.3 is 5.97 Å². The van der Waals surface area contributed by atoms with E-state index in [4.69, 9.17) is 4.74 Å². The molecule has 0 saturated carbocycles. The van der Waals surface area contributed by atoms with Crippen LogP contribution in [0, 0.1) is 11.7 Å². The van der Waals surface area contributed by atoms with Gasteiger partial charge in [0.15, 0.2) is 0 Å². The number of ether oxygens (including phenoxy) is 1. The largest absolute Gasteiger partial charge is 0.466 e. The molecule has 1 aromatic heterocycles. The number of aromatic nitrogens is 1. The van der Waals surface area contributed by atoms with Gasteiger partial charge in [0.1, 0.15) is 10.4 Å². The summed E-state index contributed by atoms with van der Waals surface area (Å²) in [5.41, 5.74) is 1.37. The van der Waals surface area contributed by atoms with E-state index in [-0.39, 0.29) is 17.7 Å². The summed E-state index contributed by atoms with van der Waals surface area (Å²) in [5, 5.41) is 0. The minimum atomic E-state index is -0.343. The van der Waals surface area contributed by atoms with Crippen molar-refractivity contribution < 1.29 is 13.9 Å². The zero-order valence-corrected chi connectivity index (χ0v) is 10.4. The normalized spacial score (nSPS) is 18.3. The maximum absolute atomic E-state index is 13.5. The zero-order valence-electron chi connectivity index (χ0n) is 8.80. The van der Waals surface area contributed by atoms with Crippen molar-refractivity contribution in [2.24, 2.45) is 5.92 Å². The van der Waals surface area contributed by atoms with Crippen LogP contribution in [0.5, 0.6) is 0 Å². The van der Waals surface area contributed by atoms with Gasteiger partial charge < -0.3 is 4.74 Å². The van der Waals surface area contributed by atoms with Crippen molar-refractivity contribution in [3.63, 3.8) is 0 Å². The Hall–Kier alpha value is -0.970. The lowest BCUT2D eigenvalue weighted by molar-refractivity contribution is -0.147. The van der Waals surface area contributed by atoms with Crippen LogP contribution in [0.25, 0.3) is 0 Å². The van der Waals surface area contributed by atoms with E-state index >= 15 is 0 Å². The summed E-state index contributed by atoms with van der Waals surface area (Å²) in [6, 6.07) is 0. The van der Waals surface area contributed by atoms with Crippen molar-refractivity contribution in [1.82, 2.24) is 4.98 Å². The summed E-state index contributed by atoms with van der Waals surface area (Å²) in [6.07, 6.45) is 2.08. The summed E-state index contributed by atoms with van der Waals surface area (Å²) in [6.45, 7) is 2.12. The second kappa shape index (κ2) is 4.49. The van der Waals surface area contributed by atoms with E-state index in [0.717, 1.165) is 5.56 Å². The van der Waals surface area contributed by atoms with Gasteiger partial charge in [-0.15, -0.1) is 0 Å². The summed E-state index contributed by atoms with van der Waals surface area (Å²) in [4.78, 5) is 15.4. The molecule has 1 atom stereocenters. The van der Waals surface area contributed by atoms with Gasteiger partial charge in [-0.05, 0) is 46.8 Å². The highest BCUT2D eigenvalue weighted by molar-refractivity contribution is 9.10. The van der Waals surface area contributed by atoms with Crippen LogP contribution in [0.4, 0.5) is 4.39 Å². The molecule has 0 amide bonds. The van der Waals surface area contributed by atoms with E-state index in [1.54, 1.807) is 6.92 Å². The molecule has 1 heterocycles. The maximum atomic E-state index is 13.5. The molecule has 0 spiro atoms. The number of pyridine rings is 1. The minimum Gasteiger partial charge on any atom is -0.466 e. The number of halogens is 2. The highest BCUT2D eigenvalue weighted by atomic mass is 79.9. The van der Waals surface area contributed by atoms with E-state index in [0.29, 0.717) is 29.6 Å². The first-order valence-corrected chi connectivity index (χ1v) is 5.91. The van der Waals surface area contributed by atoms with E-state index in [1.165, 1.54) is 6.20 Å². The first-order valence-electron chi connectivity index (χ1n) is 5.11. The molecule has 0 aromatic carbocycles. The number of hydrogen-bond donors (Lipinski definition) is 0. The number of carbonyl (C=O) groups excluding carboxylic acids is 1. The van der Waals surface area contributed by atoms with Crippen molar-refractivity contribution in [2.75, 3.05) is 6.61 Å². The summed E-state index contributed by atoms with van der Waals surface area (Å²) < 4.78 is 19.0. The predicted octanol–water partition coefficient (Wildman–Crippen LogP) is 2.26. The Bertz CT molecular complexity index is 405. The Morgan fingerprint density at radius 2 is 2.31 bits per heavy atom. The molecule has 1 aromatic rings. The highest BCUT2D eigenvalue weighted by Gasteiger charge is 2.32. The van der Waals surface area contributed by atoms with E-state index in [9.17, 15) is 9.18 Å². The Kier molecular flexibility index (Phi) is 3.23. The van der Waals surface area contributed by atoms with Crippen LogP contribution in [0.2, 0.25) is 0 Å². The second-order valence-electron chi connectivity index (χ2n) is 3.71. The molecule has 16 heavy (non-hydrogen) atoms. The van der Waals surface area contributed by atoms with Crippen LogP contribution in [0.15, 0.2) is 10.8 Å². The molecule has 2 rings (SSSR count). The van der Waals surface area contributed by atoms with E-state index in [2.05, 4.69) is 20.9 Å². The van der Waals surface area contributed by atoms with Gasteiger partial charge in [-0.3, -0.25) is 4.79 Å². The topological polar surface area (TPSA) is 39.2 Å². The molecule has 0 bridgehead atoms. The fourth-order valence-electron chi connectivity index (χ4n) is 1.96. The molecule has 1 aliphatic carbocycles.